The second kappa shape index (κ2) is 9.05. The maximum Gasteiger partial charge on any atom is 0.260 e. The maximum absolute atomic E-state index is 11.8. The Bertz CT molecular complexity index is 464. The largest absolute Gasteiger partial charge is 0.480 e. The summed E-state index contributed by atoms with van der Waals surface area (Å²) in [6, 6.07) is 6.03. The molecule has 1 atom stereocenters. The Labute approximate surface area is 135 Å². The monoisotopic (exact) mass is 356 g/mol. The van der Waals surface area contributed by atoms with Crippen molar-refractivity contribution in [3.8, 4) is 5.75 Å². The van der Waals surface area contributed by atoms with E-state index in [1.165, 1.54) is 5.56 Å². The lowest BCUT2D eigenvalue weighted by atomic mass is 10.2. The summed E-state index contributed by atoms with van der Waals surface area (Å²) in [5.41, 5.74) is 1.18. The summed E-state index contributed by atoms with van der Waals surface area (Å²) < 4.78 is 6.57. The standard InChI is InChI=1S/C16H25BrN2O2/c1-5-8-18-10-13-6-7-15(14(17)9-13)21-12(4)16(20)19-11(2)3/h6-7,9,11-12,18H,5,8,10H2,1-4H3,(H,19,20). The summed E-state index contributed by atoms with van der Waals surface area (Å²) in [5.74, 6) is 0.575. The minimum Gasteiger partial charge on any atom is -0.480 e. The third kappa shape index (κ3) is 6.48. The SMILES string of the molecule is CCCNCc1ccc(OC(C)C(=O)NC(C)C)c(Br)c1. The second-order valence-corrected chi connectivity index (χ2v) is 6.22. The number of hydrogen-bond donors (Lipinski definition) is 2. The maximum atomic E-state index is 11.8. The Kier molecular flexibility index (Phi) is 7.75. The molecule has 5 heteroatoms. The lowest BCUT2D eigenvalue weighted by Gasteiger charge is -2.17. The molecule has 0 aliphatic rings. The van der Waals surface area contributed by atoms with Crippen molar-refractivity contribution in [2.75, 3.05) is 6.54 Å². The Morgan fingerprint density at radius 3 is 2.62 bits per heavy atom. The zero-order chi connectivity index (χ0) is 15.8. The average Bonchev–Trinajstić information content (AvgIpc) is 2.41. The van der Waals surface area contributed by atoms with Crippen LogP contribution in [0.4, 0.5) is 0 Å². The number of amides is 1. The molecule has 4 nitrogen and oxygen atoms in total. The molecule has 0 saturated carbocycles. The number of nitrogens with one attached hydrogen (secondary N) is 2. The number of halogens is 1. The highest BCUT2D eigenvalue weighted by molar-refractivity contribution is 9.10. The summed E-state index contributed by atoms with van der Waals surface area (Å²) in [6.07, 6.45) is 0.595. The number of carbonyl (C=O) groups is 1. The molecular weight excluding hydrogens is 332 g/mol. The fraction of sp³-hybridized carbons (Fsp3) is 0.562. The lowest BCUT2D eigenvalue weighted by Crippen LogP contribution is -2.40. The molecule has 0 saturated heterocycles. The molecule has 1 rings (SSSR count). The van der Waals surface area contributed by atoms with E-state index in [1.54, 1.807) is 6.92 Å². The van der Waals surface area contributed by atoms with Crippen molar-refractivity contribution < 1.29 is 9.53 Å². The average molecular weight is 357 g/mol. The van der Waals surface area contributed by atoms with E-state index < -0.39 is 6.10 Å². The molecule has 0 bridgehead atoms. The van der Waals surface area contributed by atoms with E-state index >= 15 is 0 Å². The zero-order valence-corrected chi connectivity index (χ0v) is 14.8. The van der Waals surface area contributed by atoms with Crippen LogP contribution in [0.2, 0.25) is 0 Å². The molecular formula is C16H25BrN2O2. The van der Waals surface area contributed by atoms with E-state index in [1.807, 2.05) is 32.0 Å². The van der Waals surface area contributed by atoms with Gasteiger partial charge in [-0.15, -0.1) is 0 Å². The smallest absolute Gasteiger partial charge is 0.260 e. The van der Waals surface area contributed by atoms with E-state index in [9.17, 15) is 4.79 Å². The van der Waals surface area contributed by atoms with Gasteiger partial charge in [0.15, 0.2) is 6.10 Å². The van der Waals surface area contributed by atoms with Crippen molar-refractivity contribution in [3.05, 3.63) is 28.2 Å². The second-order valence-electron chi connectivity index (χ2n) is 5.36. The van der Waals surface area contributed by atoms with E-state index in [2.05, 4.69) is 33.5 Å². The Hall–Kier alpha value is -1.07. The van der Waals surface area contributed by atoms with Crippen molar-refractivity contribution in [3.63, 3.8) is 0 Å². The van der Waals surface area contributed by atoms with Gasteiger partial charge >= 0.3 is 0 Å². The van der Waals surface area contributed by atoms with Gasteiger partial charge in [0.05, 0.1) is 4.47 Å². The van der Waals surface area contributed by atoms with Crippen LogP contribution in [0, 0.1) is 0 Å². The van der Waals surface area contributed by atoms with Crippen molar-refractivity contribution in [2.45, 2.75) is 52.8 Å². The molecule has 0 aliphatic heterocycles. The van der Waals surface area contributed by atoms with Crippen LogP contribution in [0.1, 0.15) is 39.7 Å². The molecule has 1 amide bonds. The third-order valence-corrected chi connectivity index (χ3v) is 3.48. The topological polar surface area (TPSA) is 50.4 Å². The van der Waals surface area contributed by atoms with Crippen molar-refractivity contribution in [2.24, 2.45) is 0 Å². The van der Waals surface area contributed by atoms with Crippen LogP contribution in [0.15, 0.2) is 22.7 Å². The summed E-state index contributed by atoms with van der Waals surface area (Å²) in [6.45, 7) is 9.58. The number of carbonyl (C=O) groups excluding carboxylic acids is 1. The normalized spacial score (nSPS) is 12.3. The van der Waals surface area contributed by atoms with Crippen LogP contribution in [0.5, 0.6) is 5.75 Å². The molecule has 21 heavy (non-hydrogen) atoms. The predicted octanol–water partition coefficient (Wildman–Crippen LogP) is 3.24. The van der Waals surface area contributed by atoms with Gasteiger partial charge in [0.2, 0.25) is 0 Å². The molecule has 1 aromatic carbocycles. The van der Waals surface area contributed by atoms with Crippen LogP contribution in [-0.4, -0.2) is 24.6 Å². The fourth-order valence-electron chi connectivity index (χ4n) is 1.81. The van der Waals surface area contributed by atoms with Gasteiger partial charge in [0.25, 0.3) is 5.91 Å². The molecule has 118 valence electrons. The van der Waals surface area contributed by atoms with E-state index in [0.29, 0.717) is 5.75 Å². The molecule has 0 aliphatic carbocycles. The third-order valence-electron chi connectivity index (χ3n) is 2.86. The van der Waals surface area contributed by atoms with Crippen LogP contribution >= 0.6 is 15.9 Å². The predicted molar refractivity (Wildman–Crippen MR) is 89.5 cm³/mol. The van der Waals surface area contributed by atoms with Crippen LogP contribution in [0.3, 0.4) is 0 Å². The summed E-state index contributed by atoms with van der Waals surface area (Å²) >= 11 is 3.50. The Balaban J connectivity index is 2.61. The highest BCUT2D eigenvalue weighted by atomic mass is 79.9. The molecule has 2 N–H and O–H groups in total. The highest BCUT2D eigenvalue weighted by Crippen LogP contribution is 2.27. The van der Waals surface area contributed by atoms with Gasteiger partial charge in [-0.25, -0.2) is 0 Å². The number of hydrogen-bond acceptors (Lipinski definition) is 3. The van der Waals surface area contributed by atoms with Crippen LogP contribution in [-0.2, 0) is 11.3 Å². The number of rotatable bonds is 8. The van der Waals surface area contributed by atoms with Gasteiger partial charge in [-0.3, -0.25) is 4.79 Å². The van der Waals surface area contributed by atoms with Gasteiger partial charge in [0.1, 0.15) is 5.75 Å². The summed E-state index contributed by atoms with van der Waals surface area (Å²) in [4.78, 5) is 11.8. The first-order valence-electron chi connectivity index (χ1n) is 7.40. The summed E-state index contributed by atoms with van der Waals surface area (Å²) in [7, 11) is 0. The van der Waals surface area contributed by atoms with Gasteiger partial charge < -0.3 is 15.4 Å². The number of benzene rings is 1. The van der Waals surface area contributed by atoms with Gasteiger partial charge in [0, 0.05) is 12.6 Å². The van der Waals surface area contributed by atoms with E-state index in [4.69, 9.17) is 4.74 Å². The molecule has 0 radical (unpaired) electrons. The molecule has 1 unspecified atom stereocenters. The van der Waals surface area contributed by atoms with Crippen LogP contribution < -0.4 is 15.4 Å². The minimum absolute atomic E-state index is 0.106. The summed E-state index contributed by atoms with van der Waals surface area (Å²) in [5, 5.41) is 6.19. The van der Waals surface area contributed by atoms with Gasteiger partial charge in [-0.05, 0) is 67.4 Å². The van der Waals surface area contributed by atoms with Gasteiger partial charge in [-0.2, -0.15) is 0 Å². The first kappa shape index (κ1) is 18.0. The first-order chi connectivity index (χ1) is 9.93. The zero-order valence-electron chi connectivity index (χ0n) is 13.2. The first-order valence-corrected chi connectivity index (χ1v) is 8.19. The fourth-order valence-corrected chi connectivity index (χ4v) is 2.32. The molecule has 0 aromatic heterocycles. The van der Waals surface area contributed by atoms with E-state index in [0.717, 1.165) is 24.0 Å². The Morgan fingerprint density at radius 2 is 2.05 bits per heavy atom. The lowest BCUT2D eigenvalue weighted by molar-refractivity contribution is -0.127. The highest BCUT2D eigenvalue weighted by Gasteiger charge is 2.16. The molecule has 0 fully saturated rings. The van der Waals surface area contributed by atoms with Gasteiger partial charge in [-0.1, -0.05) is 13.0 Å². The molecule has 1 aromatic rings. The minimum atomic E-state index is -0.521. The number of ether oxygens (including phenoxy) is 1. The Morgan fingerprint density at radius 1 is 1.33 bits per heavy atom. The van der Waals surface area contributed by atoms with Crippen molar-refractivity contribution in [1.82, 2.24) is 10.6 Å². The van der Waals surface area contributed by atoms with Crippen LogP contribution in [0.25, 0.3) is 0 Å². The van der Waals surface area contributed by atoms with Crippen molar-refractivity contribution >= 4 is 21.8 Å². The van der Waals surface area contributed by atoms with Crippen molar-refractivity contribution in [1.29, 1.82) is 0 Å². The molecule has 0 spiro atoms. The van der Waals surface area contributed by atoms with E-state index in [-0.39, 0.29) is 11.9 Å². The molecule has 0 heterocycles. The quantitative estimate of drug-likeness (QED) is 0.703.